The molecule has 396 valence electrons. The van der Waals surface area contributed by atoms with Crippen molar-refractivity contribution in [2.24, 2.45) is 0 Å². The molecule has 0 aliphatic rings. The van der Waals surface area contributed by atoms with Gasteiger partial charge in [0.15, 0.2) is 6.10 Å². The van der Waals surface area contributed by atoms with Crippen molar-refractivity contribution >= 4 is 17.9 Å². The molecule has 0 aliphatic heterocycles. The summed E-state index contributed by atoms with van der Waals surface area (Å²) in [5, 5.41) is 0. The van der Waals surface area contributed by atoms with Crippen molar-refractivity contribution in [3.05, 3.63) is 48.6 Å². The van der Waals surface area contributed by atoms with E-state index < -0.39 is 6.10 Å². The van der Waals surface area contributed by atoms with Gasteiger partial charge < -0.3 is 14.2 Å². The Hall–Kier alpha value is -2.63. The van der Waals surface area contributed by atoms with Crippen LogP contribution in [0.1, 0.15) is 310 Å². The van der Waals surface area contributed by atoms with Crippen molar-refractivity contribution < 1.29 is 28.6 Å². The summed E-state index contributed by atoms with van der Waals surface area (Å²) in [5.41, 5.74) is 0. The van der Waals surface area contributed by atoms with E-state index in [0.29, 0.717) is 19.3 Å². The van der Waals surface area contributed by atoms with Gasteiger partial charge in [-0.15, -0.1) is 0 Å². The smallest absolute Gasteiger partial charge is 0.306 e. The van der Waals surface area contributed by atoms with Crippen LogP contribution < -0.4 is 0 Å². The third kappa shape index (κ3) is 54.3. The zero-order valence-electron chi connectivity index (χ0n) is 45.4. The van der Waals surface area contributed by atoms with Crippen LogP contribution in [0.5, 0.6) is 0 Å². The van der Waals surface area contributed by atoms with Crippen molar-refractivity contribution in [3.63, 3.8) is 0 Å². The average molecular weight is 954 g/mol. The molecular formula is C62H112O6. The Kier molecular flexibility index (Phi) is 54.8. The van der Waals surface area contributed by atoms with E-state index in [1.165, 1.54) is 186 Å². The second-order valence-corrected chi connectivity index (χ2v) is 19.9. The van der Waals surface area contributed by atoms with Crippen LogP contribution in [-0.4, -0.2) is 37.2 Å². The molecule has 1 atom stereocenters. The highest BCUT2D eigenvalue weighted by molar-refractivity contribution is 5.71. The minimum Gasteiger partial charge on any atom is -0.462 e. The lowest BCUT2D eigenvalue weighted by atomic mass is 10.0. The van der Waals surface area contributed by atoms with E-state index in [9.17, 15) is 14.4 Å². The highest BCUT2D eigenvalue weighted by Crippen LogP contribution is 2.17. The predicted octanol–water partition coefficient (Wildman–Crippen LogP) is 19.8. The maximum absolute atomic E-state index is 12.9. The Balaban J connectivity index is 4.39. The van der Waals surface area contributed by atoms with Crippen molar-refractivity contribution in [3.8, 4) is 0 Å². The molecule has 0 unspecified atom stereocenters. The van der Waals surface area contributed by atoms with Gasteiger partial charge in [-0.25, -0.2) is 0 Å². The zero-order chi connectivity index (χ0) is 49.3. The number of hydrogen-bond acceptors (Lipinski definition) is 6. The van der Waals surface area contributed by atoms with Crippen LogP contribution in [0.2, 0.25) is 0 Å². The maximum atomic E-state index is 12.9. The first-order valence-corrected chi connectivity index (χ1v) is 29.6. The first-order chi connectivity index (χ1) is 33.5. The number of allylic oxidation sites excluding steroid dienone is 8. The molecule has 0 saturated heterocycles. The molecule has 0 aromatic carbocycles. The molecule has 0 fully saturated rings. The summed E-state index contributed by atoms with van der Waals surface area (Å²) in [6.45, 7) is 6.63. The predicted molar refractivity (Wildman–Crippen MR) is 293 cm³/mol. The van der Waals surface area contributed by atoms with Gasteiger partial charge in [-0.1, -0.05) is 275 Å². The highest BCUT2D eigenvalue weighted by Gasteiger charge is 2.19. The largest absolute Gasteiger partial charge is 0.462 e. The summed E-state index contributed by atoms with van der Waals surface area (Å²) in [6.07, 6.45) is 69.6. The number of rotatable bonds is 54. The molecule has 0 radical (unpaired) electrons. The van der Waals surface area contributed by atoms with E-state index in [-0.39, 0.29) is 31.1 Å². The third-order valence-electron chi connectivity index (χ3n) is 13.1. The second-order valence-electron chi connectivity index (χ2n) is 19.9. The molecule has 0 rings (SSSR count). The molecule has 0 aromatic heterocycles. The van der Waals surface area contributed by atoms with Gasteiger partial charge in [-0.3, -0.25) is 14.4 Å². The number of carbonyl (C=O) groups excluding carboxylic acids is 3. The normalized spacial score (nSPS) is 12.3. The highest BCUT2D eigenvalue weighted by atomic mass is 16.6. The van der Waals surface area contributed by atoms with Gasteiger partial charge in [0.2, 0.25) is 0 Å². The van der Waals surface area contributed by atoms with Crippen molar-refractivity contribution in [1.29, 1.82) is 0 Å². The molecule has 6 heteroatoms. The van der Waals surface area contributed by atoms with Gasteiger partial charge in [-0.2, -0.15) is 0 Å². The lowest BCUT2D eigenvalue weighted by Gasteiger charge is -2.18. The second kappa shape index (κ2) is 57.0. The molecule has 0 aliphatic carbocycles. The van der Waals surface area contributed by atoms with Crippen LogP contribution in [-0.2, 0) is 28.6 Å². The summed E-state index contributed by atoms with van der Waals surface area (Å²) >= 11 is 0. The van der Waals surface area contributed by atoms with E-state index >= 15 is 0 Å². The van der Waals surface area contributed by atoms with E-state index in [0.717, 1.165) is 83.5 Å². The summed E-state index contributed by atoms with van der Waals surface area (Å²) in [7, 11) is 0. The topological polar surface area (TPSA) is 78.9 Å². The standard InChI is InChI=1S/C62H112O6/c1-4-7-10-13-16-19-22-25-28-30-31-33-34-37-40-43-46-49-52-55-61(64)67-58-59(57-66-60(63)54-51-48-45-42-39-36-27-24-21-18-15-12-9-6-3)68-62(65)56-53-50-47-44-41-38-35-32-29-26-23-20-17-14-11-8-5-2/h16,19,25,28,31,33,37,40,59H,4-15,17-18,20-24,26-27,29-30,32,34-36,38-39,41-58H2,1-3H3/b19-16-,28-25-,33-31-,40-37-/t59-/m1/s1. The van der Waals surface area contributed by atoms with Gasteiger partial charge in [0.25, 0.3) is 0 Å². The number of hydrogen-bond donors (Lipinski definition) is 0. The number of ether oxygens (including phenoxy) is 3. The van der Waals surface area contributed by atoms with Crippen LogP contribution in [0.4, 0.5) is 0 Å². The fraction of sp³-hybridized carbons (Fsp3) is 0.823. The molecule has 0 spiro atoms. The molecule has 0 amide bonds. The first kappa shape index (κ1) is 65.4. The lowest BCUT2D eigenvalue weighted by Crippen LogP contribution is -2.30. The monoisotopic (exact) mass is 953 g/mol. The summed E-state index contributed by atoms with van der Waals surface area (Å²) < 4.78 is 16.9. The third-order valence-corrected chi connectivity index (χ3v) is 13.1. The molecule has 0 saturated carbocycles. The van der Waals surface area contributed by atoms with Crippen molar-refractivity contribution in [2.75, 3.05) is 13.2 Å². The van der Waals surface area contributed by atoms with Gasteiger partial charge in [-0.05, 0) is 64.2 Å². The lowest BCUT2D eigenvalue weighted by molar-refractivity contribution is -0.167. The molecule has 68 heavy (non-hydrogen) atoms. The molecular weight excluding hydrogens is 841 g/mol. The van der Waals surface area contributed by atoms with E-state index in [1.807, 2.05) is 0 Å². The quantitative estimate of drug-likeness (QED) is 0.0262. The van der Waals surface area contributed by atoms with E-state index in [2.05, 4.69) is 69.4 Å². The Bertz CT molecular complexity index is 1190. The van der Waals surface area contributed by atoms with E-state index in [4.69, 9.17) is 14.2 Å². The first-order valence-electron chi connectivity index (χ1n) is 29.6. The zero-order valence-corrected chi connectivity index (χ0v) is 45.4. The van der Waals surface area contributed by atoms with Crippen LogP contribution in [0.25, 0.3) is 0 Å². The molecule has 6 nitrogen and oxygen atoms in total. The Morgan fingerprint density at radius 2 is 0.529 bits per heavy atom. The van der Waals surface area contributed by atoms with Crippen LogP contribution in [0, 0.1) is 0 Å². The van der Waals surface area contributed by atoms with Crippen molar-refractivity contribution in [2.45, 2.75) is 316 Å². The number of unbranched alkanes of at least 4 members (excludes halogenated alkanes) is 35. The van der Waals surface area contributed by atoms with Crippen LogP contribution in [0.3, 0.4) is 0 Å². The fourth-order valence-electron chi connectivity index (χ4n) is 8.60. The van der Waals surface area contributed by atoms with Gasteiger partial charge in [0.05, 0.1) is 0 Å². The summed E-state index contributed by atoms with van der Waals surface area (Å²) in [6, 6.07) is 0. The van der Waals surface area contributed by atoms with Crippen LogP contribution >= 0.6 is 0 Å². The average Bonchev–Trinajstić information content (AvgIpc) is 3.34. The van der Waals surface area contributed by atoms with E-state index in [1.54, 1.807) is 0 Å². The van der Waals surface area contributed by atoms with Gasteiger partial charge in [0, 0.05) is 19.3 Å². The molecule has 0 aromatic rings. The minimum absolute atomic E-state index is 0.0788. The Labute approximate surface area is 422 Å². The summed E-state index contributed by atoms with van der Waals surface area (Å²) in [5.74, 6) is -0.892. The SMILES string of the molecule is CCCCC/C=C\C/C=C\C/C=C\C/C=C\CCCCCC(=O)OC[C@@H](COC(=O)CCCCCCCCCCCCCCCC)OC(=O)CCCCCCCCCCCCCCCCCCC. The molecule has 0 N–H and O–H groups in total. The molecule has 0 heterocycles. The number of carbonyl (C=O) groups is 3. The number of esters is 3. The van der Waals surface area contributed by atoms with Crippen LogP contribution in [0.15, 0.2) is 48.6 Å². The van der Waals surface area contributed by atoms with Gasteiger partial charge >= 0.3 is 17.9 Å². The molecule has 0 bridgehead atoms. The maximum Gasteiger partial charge on any atom is 0.306 e. The minimum atomic E-state index is -0.782. The van der Waals surface area contributed by atoms with Gasteiger partial charge in [0.1, 0.15) is 13.2 Å². The Morgan fingerprint density at radius 3 is 0.853 bits per heavy atom. The van der Waals surface area contributed by atoms with Crippen molar-refractivity contribution in [1.82, 2.24) is 0 Å². The Morgan fingerprint density at radius 1 is 0.294 bits per heavy atom. The summed E-state index contributed by atoms with van der Waals surface area (Å²) in [4.78, 5) is 38.2. The fourth-order valence-corrected chi connectivity index (χ4v) is 8.60.